The van der Waals surface area contributed by atoms with E-state index in [1.807, 2.05) is 12.3 Å². The van der Waals surface area contributed by atoms with Gasteiger partial charge in [0.2, 0.25) is 0 Å². The summed E-state index contributed by atoms with van der Waals surface area (Å²) in [5.41, 5.74) is 2.47. The fourth-order valence-electron chi connectivity index (χ4n) is 1.02. The normalized spacial score (nSPS) is 22.7. The Bertz CT molecular complexity index is 241. The fraction of sp³-hybridized carbons (Fsp3) is 0.375. The zero-order chi connectivity index (χ0) is 6.97. The highest BCUT2D eigenvalue weighted by Gasteiger charge is 2.23. The summed E-state index contributed by atoms with van der Waals surface area (Å²) < 4.78 is 0. The molecule has 1 aromatic heterocycles. The lowest BCUT2D eigenvalue weighted by Gasteiger charge is -1.95. The minimum atomic E-state index is 0.542. The summed E-state index contributed by atoms with van der Waals surface area (Å²) in [6, 6.07) is 4.69. The molecule has 1 atom stereocenters. The molecule has 0 spiro atoms. The van der Waals surface area contributed by atoms with Gasteiger partial charge < -0.3 is 5.32 Å². The molecule has 2 heteroatoms. The van der Waals surface area contributed by atoms with Gasteiger partial charge in [-0.25, -0.2) is 0 Å². The molecule has 0 saturated carbocycles. The molecule has 52 valence electrons. The number of nitrogens with one attached hydrogen (secondary N) is 1. The highest BCUT2D eigenvalue weighted by molar-refractivity contribution is 5.20. The molecule has 10 heavy (non-hydrogen) atoms. The number of hydrogen-bond acceptors (Lipinski definition) is 2. The lowest BCUT2D eigenvalue weighted by Crippen LogP contribution is -1.88. The number of aryl methyl sites for hydroxylation is 1. The van der Waals surface area contributed by atoms with Gasteiger partial charge in [-0.05, 0) is 24.6 Å². The van der Waals surface area contributed by atoms with Crippen molar-refractivity contribution in [3.05, 3.63) is 29.6 Å². The van der Waals surface area contributed by atoms with Crippen LogP contribution in [0, 0.1) is 6.92 Å². The maximum Gasteiger partial charge on any atom is 0.0622 e. The van der Waals surface area contributed by atoms with Crippen molar-refractivity contribution in [1.82, 2.24) is 10.3 Å². The summed E-state index contributed by atoms with van der Waals surface area (Å²) in [5.74, 6) is 0. The van der Waals surface area contributed by atoms with Crippen molar-refractivity contribution in [2.75, 3.05) is 6.54 Å². The van der Waals surface area contributed by atoms with Crippen LogP contribution in [0.15, 0.2) is 18.3 Å². The highest BCUT2D eigenvalue weighted by atomic mass is 15.1. The zero-order valence-corrected chi connectivity index (χ0v) is 5.96. The first-order valence-corrected chi connectivity index (χ1v) is 3.52. The first-order chi connectivity index (χ1) is 4.86. The smallest absolute Gasteiger partial charge is 0.0622 e. The van der Waals surface area contributed by atoms with Crippen molar-refractivity contribution in [1.29, 1.82) is 0 Å². The number of aromatic nitrogens is 1. The van der Waals surface area contributed by atoms with Crippen LogP contribution in [-0.4, -0.2) is 11.5 Å². The SMILES string of the molecule is Cc1ccnc([C@H]2CN2)c1. The Morgan fingerprint density at radius 1 is 1.70 bits per heavy atom. The summed E-state index contributed by atoms with van der Waals surface area (Å²) in [6.07, 6.45) is 1.87. The molecule has 1 fully saturated rings. The molecule has 0 unspecified atom stereocenters. The van der Waals surface area contributed by atoms with Crippen molar-refractivity contribution < 1.29 is 0 Å². The number of pyridine rings is 1. The van der Waals surface area contributed by atoms with Crippen molar-refractivity contribution in [3.8, 4) is 0 Å². The third kappa shape index (κ3) is 1.02. The monoisotopic (exact) mass is 134 g/mol. The second-order valence-corrected chi connectivity index (χ2v) is 2.72. The van der Waals surface area contributed by atoms with Crippen LogP contribution in [0.3, 0.4) is 0 Å². The molecule has 2 heterocycles. The van der Waals surface area contributed by atoms with Crippen LogP contribution in [0.25, 0.3) is 0 Å². The first-order valence-electron chi connectivity index (χ1n) is 3.52. The Labute approximate surface area is 60.3 Å². The van der Waals surface area contributed by atoms with E-state index >= 15 is 0 Å². The van der Waals surface area contributed by atoms with Gasteiger partial charge in [0.25, 0.3) is 0 Å². The largest absolute Gasteiger partial charge is 0.306 e. The molecule has 0 amide bonds. The standard InChI is InChI=1S/C8H10N2/c1-6-2-3-9-7(4-6)8-5-10-8/h2-4,8,10H,5H2,1H3/t8-/m1/s1. The minimum Gasteiger partial charge on any atom is -0.306 e. The maximum atomic E-state index is 4.24. The molecule has 0 aromatic carbocycles. The van der Waals surface area contributed by atoms with E-state index in [1.165, 1.54) is 11.3 Å². The lowest BCUT2D eigenvalue weighted by molar-refractivity contribution is 0.987. The summed E-state index contributed by atoms with van der Waals surface area (Å²) in [6.45, 7) is 3.18. The molecular weight excluding hydrogens is 124 g/mol. The molecule has 0 bridgehead atoms. The molecular formula is C8H10N2. The summed E-state index contributed by atoms with van der Waals surface area (Å²) >= 11 is 0. The zero-order valence-electron chi connectivity index (χ0n) is 5.96. The molecule has 1 aliphatic heterocycles. The predicted molar refractivity (Wildman–Crippen MR) is 39.7 cm³/mol. The van der Waals surface area contributed by atoms with Crippen LogP contribution in [0.1, 0.15) is 17.3 Å². The average molecular weight is 134 g/mol. The fourth-order valence-corrected chi connectivity index (χ4v) is 1.02. The Morgan fingerprint density at radius 3 is 3.10 bits per heavy atom. The van der Waals surface area contributed by atoms with E-state index in [4.69, 9.17) is 0 Å². The van der Waals surface area contributed by atoms with Crippen molar-refractivity contribution in [2.45, 2.75) is 13.0 Å². The van der Waals surface area contributed by atoms with Gasteiger partial charge in [0.1, 0.15) is 0 Å². The van der Waals surface area contributed by atoms with Crippen LogP contribution in [0.4, 0.5) is 0 Å². The van der Waals surface area contributed by atoms with Gasteiger partial charge >= 0.3 is 0 Å². The summed E-state index contributed by atoms with van der Waals surface area (Å²) in [7, 11) is 0. The Morgan fingerprint density at radius 2 is 2.50 bits per heavy atom. The van der Waals surface area contributed by atoms with Crippen LogP contribution in [0.2, 0.25) is 0 Å². The number of hydrogen-bond donors (Lipinski definition) is 1. The second kappa shape index (κ2) is 2.06. The average Bonchev–Trinajstić information content (AvgIpc) is 2.68. The minimum absolute atomic E-state index is 0.542. The maximum absolute atomic E-state index is 4.24. The van der Waals surface area contributed by atoms with Crippen LogP contribution >= 0.6 is 0 Å². The number of rotatable bonds is 1. The highest BCUT2D eigenvalue weighted by Crippen LogP contribution is 2.18. The third-order valence-corrected chi connectivity index (χ3v) is 1.70. The van der Waals surface area contributed by atoms with E-state index in [1.54, 1.807) is 0 Å². The van der Waals surface area contributed by atoms with Crippen molar-refractivity contribution in [3.63, 3.8) is 0 Å². The van der Waals surface area contributed by atoms with E-state index in [0.717, 1.165) is 6.54 Å². The van der Waals surface area contributed by atoms with E-state index in [0.29, 0.717) is 6.04 Å². The summed E-state index contributed by atoms with van der Waals surface area (Å²) in [4.78, 5) is 4.24. The summed E-state index contributed by atoms with van der Waals surface area (Å²) in [5, 5.41) is 3.22. The Hall–Kier alpha value is -0.890. The van der Waals surface area contributed by atoms with E-state index in [9.17, 15) is 0 Å². The number of nitrogens with zero attached hydrogens (tertiary/aromatic N) is 1. The van der Waals surface area contributed by atoms with Gasteiger partial charge in [-0.1, -0.05) is 0 Å². The molecule has 1 saturated heterocycles. The molecule has 1 aromatic rings. The molecule has 1 aliphatic rings. The Kier molecular flexibility index (Phi) is 1.21. The molecule has 0 aliphatic carbocycles. The Balaban J connectivity index is 2.32. The van der Waals surface area contributed by atoms with E-state index < -0.39 is 0 Å². The lowest BCUT2D eigenvalue weighted by atomic mass is 10.2. The van der Waals surface area contributed by atoms with Crippen LogP contribution < -0.4 is 5.32 Å². The van der Waals surface area contributed by atoms with Gasteiger partial charge in [0, 0.05) is 12.7 Å². The van der Waals surface area contributed by atoms with E-state index in [-0.39, 0.29) is 0 Å². The van der Waals surface area contributed by atoms with Gasteiger partial charge in [-0.2, -0.15) is 0 Å². The van der Waals surface area contributed by atoms with Crippen molar-refractivity contribution >= 4 is 0 Å². The molecule has 0 radical (unpaired) electrons. The molecule has 2 rings (SSSR count). The molecule has 2 nitrogen and oxygen atoms in total. The van der Waals surface area contributed by atoms with Crippen molar-refractivity contribution in [2.24, 2.45) is 0 Å². The molecule has 1 N–H and O–H groups in total. The van der Waals surface area contributed by atoms with Gasteiger partial charge in [0.15, 0.2) is 0 Å². The van der Waals surface area contributed by atoms with E-state index in [2.05, 4.69) is 23.3 Å². The van der Waals surface area contributed by atoms with Crippen LogP contribution in [0.5, 0.6) is 0 Å². The van der Waals surface area contributed by atoms with Gasteiger partial charge in [0.05, 0.1) is 11.7 Å². The predicted octanol–water partition coefficient (Wildman–Crippen LogP) is 1.03. The second-order valence-electron chi connectivity index (χ2n) is 2.72. The van der Waals surface area contributed by atoms with Gasteiger partial charge in [-0.3, -0.25) is 4.98 Å². The van der Waals surface area contributed by atoms with Gasteiger partial charge in [-0.15, -0.1) is 0 Å². The quantitative estimate of drug-likeness (QED) is 0.582. The topological polar surface area (TPSA) is 34.8 Å². The first kappa shape index (κ1) is 5.86. The van der Waals surface area contributed by atoms with Crippen LogP contribution in [-0.2, 0) is 0 Å². The third-order valence-electron chi connectivity index (χ3n) is 1.70.